The Morgan fingerprint density at radius 3 is 2.27 bits per heavy atom. The van der Waals surface area contributed by atoms with Crippen LogP contribution in [0.2, 0.25) is 0 Å². The molecular weight excluding hydrogens is 188 g/mol. The van der Waals surface area contributed by atoms with Gasteiger partial charge < -0.3 is 21.3 Å². The summed E-state index contributed by atoms with van der Waals surface area (Å²) in [5.41, 5.74) is 12.5. The van der Waals surface area contributed by atoms with Gasteiger partial charge in [-0.3, -0.25) is 0 Å². The highest BCUT2D eigenvalue weighted by Gasteiger charge is 2.07. The number of rotatable bonds is 7. The number of likely N-dealkylation sites (N-methyl/N-ethyl adjacent to an activating group) is 2. The second-order valence-corrected chi connectivity index (χ2v) is 3.79. The predicted molar refractivity (Wildman–Crippen MR) is 66.0 cm³/mol. The van der Waals surface area contributed by atoms with Crippen molar-refractivity contribution in [3.8, 4) is 0 Å². The highest BCUT2D eigenvalue weighted by molar-refractivity contribution is 5.09. The number of hydrogen-bond acceptors (Lipinski definition) is 4. The summed E-state index contributed by atoms with van der Waals surface area (Å²) in [7, 11) is 4.09. The fraction of sp³-hybridized carbons (Fsp3) is 0.636. The summed E-state index contributed by atoms with van der Waals surface area (Å²) in [6.07, 6.45) is 2.41. The third-order valence-electron chi connectivity index (χ3n) is 2.23. The Balaban J connectivity index is 4.38. The van der Waals surface area contributed by atoms with Gasteiger partial charge in [0.2, 0.25) is 0 Å². The van der Waals surface area contributed by atoms with E-state index in [9.17, 15) is 0 Å². The second kappa shape index (κ2) is 7.17. The molecule has 0 rings (SSSR count). The summed E-state index contributed by atoms with van der Waals surface area (Å²) < 4.78 is 0. The molecule has 4 heteroatoms. The van der Waals surface area contributed by atoms with Gasteiger partial charge in [-0.05, 0) is 21.0 Å². The summed E-state index contributed by atoms with van der Waals surface area (Å²) in [4.78, 5) is 4.21. The van der Waals surface area contributed by atoms with E-state index in [1.807, 2.05) is 14.1 Å². The van der Waals surface area contributed by atoms with Crippen molar-refractivity contribution in [3.05, 3.63) is 24.2 Å². The Morgan fingerprint density at radius 2 is 1.87 bits per heavy atom. The first kappa shape index (κ1) is 13.8. The molecule has 0 spiro atoms. The van der Waals surface area contributed by atoms with Crippen LogP contribution in [0.15, 0.2) is 24.2 Å². The lowest BCUT2D eigenvalue weighted by Gasteiger charge is -2.26. The lowest BCUT2D eigenvalue weighted by atomic mass is 10.3. The Labute approximate surface area is 93.2 Å². The van der Waals surface area contributed by atoms with Gasteiger partial charge in [-0.25, -0.2) is 0 Å². The topological polar surface area (TPSA) is 58.5 Å². The molecule has 0 atom stereocenters. The van der Waals surface area contributed by atoms with E-state index in [1.165, 1.54) is 0 Å². The maximum atomic E-state index is 5.96. The van der Waals surface area contributed by atoms with E-state index in [1.54, 1.807) is 6.08 Å². The van der Waals surface area contributed by atoms with E-state index >= 15 is 0 Å². The van der Waals surface area contributed by atoms with Gasteiger partial charge in [0.25, 0.3) is 0 Å². The molecule has 15 heavy (non-hydrogen) atoms. The highest BCUT2D eigenvalue weighted by Crippen LogP contribution is 2.04. The third kappa shape index (κ3) is 5.32. The molecule has 0 aromatic heterocycles. The van der Waals surface area contributed by atoms with E-state index in [0.717, 1.165) is 19.6 Å². The van der Waals surface area contributed by atoms with Crippen LogP contribution in [0.4, 0.5) is 0 Å². The van der Waals surface area contributed by atoms with Crippen molar-refractivity contribution in [1.29, 1.82) is 0 Å². The highest BCUT2D eigenvalue weighted by atomic mass is 15.2. The smallest absolute Gasteiger partial charge is 0.118 e. The molecule has 0 bridgehead atoms. The average Bonchev–Trinajstić information content (AvgIpc) is 2.18. The molecular formula is C11H24N4. The van der Waals surface area contributed by atoms with Crippen molar-refractivity contribution >= 4 is 0 Å². The SMILES string of the molecule is C=CC/C(N)=C(/N)N(CC)CCN(C)C. The van der Waals surface area contributed by atoms with E-state index in [2.05, 4.69) is 23.3 Å². The summed E-state index contributed by atoms with van der Waals surface area (Å²) in [5.74, 6) is 0.680. The molecule has 0 aromatic carbocycles. The van der Waals surface area contributed by atoms with Gasteiger partial charge in [0, 0.05) is 26.1 Å². The summed E-state index contributed by atoms with van der Waals surface area (Å²) >= 11 is 0. The average molecular weight is 212 g/mol. The van der Waals surface area contributed by atoms with Crippen LogP contribution in [-0.4, -0.2) is 43.5 Å². The molecule has 0 amide bonds. The fourth-order valence-electron chi connectivity index (χ4n) is 1.23. The van der Waals surface area contributed by atoms with Crippen molar-refractivity contribution in [1.82, 2.24) is 9.80 Å². The third-order valence-corrected chi connectivity index (χ3v) is 2.23. The zero-order valence-corrected chi connectivity index (χ0v) is 10.2. The summed E-state index contributed by atoms with van der Waals surface area (Å²) in [5, 5.41) is 0. The number of hydrogen-bond donors (Lipinski definition) is 2. The monoisotopic (exact) mass is 212 g/mol. The Morgan fingerprint density at radius 1 is 1.27 bits per heavy atom. The van der Waals surface area contributed by atoms with Crippen LogP contribution in [0.1, 0.15) is 13.3 Å². The first-order valence-corrected chi connectivity index (χ1v) is 5.27. The summed E-state index contributed by atoms with van der Waals surface area (Å²) in [6, 6.07) is 0. The molecule has 0 heterocycles. The molecule has 0 aromatic rings. The Hall–Kier alpha value is -1.16. The molecule has 0 aliphatic rings. The molecule has 0 radical (unpaired) electrons. The molecule has 0 unspecified atom stereocenters. The van der Waals surface area contributed by atoms with Gasteiger partial charge in [0.05, 0.1) is 5.70 Å². The largest absolute Gasteiger partial charge is 0.399 e. The molecule has 0 saturated heterocycles. The zero-order chi connectivity index (χ0) is 11.8. The van der Waals surface area contributed by atoms with Crippen molar-refractivity contribution in [3.63, 3.8) is 0 Å². The van der Waals surface area contributed by atoms with Crippen LogP contribution in [0.5, 0.6) is 0 Å². The number of nitrogens with zero attached hydrogens (tertiary/aromatic N) is 2. The van der Waals surface area contributed by atoms with Crippen LogP contribution in [0, 0.1) is 0 Å². The first-order valence-electron chi connectivity index (χ1n) is 5.27. The maximum absolute atomic E-state index is 5.96. The van der Waals surface area contributed by atoms with Gasteiger partial charge in [-0.1, -0.05) is 6.08 Å². The van der Waals surface area contributed by atoms with Gasteiger partial charge in [-0.15, -0.1) is 6.58 Å². The Bertz CT molecular complexity index is 221. The van der Waals surface area contributed by atoms with E-state index in [0.29, 0.717) is 17.9 Å². The minimum atomic E-state index is 0.643. The van der Waals surface area contributed by atoms with Crippen molar-refractivity contribution in [2.45, 2.75) is 13.3 Å². The van der Waals surface area contributed by atoms with Crippen LogP contribution in [0.3, 0.4) is 0 Å². The van der Waals surface area contributed by atoms with Gasteiger partial charge >= 0.3 is 0 Å². The Kier molecular flexibility index (Phi) is 6.62. The van der Waals surface area contributed by atoms with E-state index in [4.69, 9.17) is 11.5 Å². The van der Waals surface area contributed by atoms with Crippen molar-refractivity contribution in [2.75, 3.05) is 33.7 Å². The molecule has 0 aliphatic carbocycles. The van der Waals surface area contributed by atoms with E-state index < -0.39 is 0 Å². The lowest BCUT2D eigenvalue weighted by Crippen LogP contribution is -2.36. The molecule has 0 aliphatic heterocycles. The van der Waals surface area contributed by atoms with Gasteiger partial charge in [0.15, 0.2) is 0 Å². The quantitative estimate of drug-likeness (QED) is 0.605. The minimum absolute atomic E-state index is 0.643. The normalized spacial score (nSPS) is 12.5. The van der Waals surface area contributed by atoms with Crippen molar-refractivity contribution in [2.24, 2.45) is 11.5 Å². The second-order valence-electron chi connectivity index (χ2n) is 3.79. The molecule has 0 fully saturated rings. The standard InChI is InChI=1S/C11H24N4/c1-5-7-10(12)11(13)15(6-2)9-8-14(3)4/h5H,1,6-9,12-13H2,2-4H3/b11-10+. The lowest BCUT2D eigenvalue weighted by molar-refractivity contribution is 0.294. The van der Waals surface area contributed by atoms with Gasteiger partial charge in [0.1, 0.15) is 5.82 Å². The number of nitrogens with two attached hydrogens (primary N) is 2. The zero-order valence-electron chi connectivity index (χ0n) is 10.2. The minimum Gasteiger partial charge on any atom is -0.399 e. The van der Waals surface area contributed by atoms with Crippen LogP contribution in [0.25, 0.3) is 0 Å². The van der Waals surface area contributed by atoms with Crippen LogP contribution >= 0.6 is 0 Å². The first-order chi connectivity index (χ1) is 7.02. The van der Waals surface area contributed by atoms with E-state index in [-0.39, 0.29) is 0 Å². The molecule has 4 nitrogen and oxygen atoms in total. The maximum Gasteiger partial charge on any atom is 0.118 e. The van der Waals surface area contributed by atoms with Gasteiger partial charge in [-0.2, -0.15) is 0 Å². The van der Waals surface area contributed by atoms with Crippen LogP contribution < -0.4 is 11.5 Å². The number of allylic oxidation sites excluding steroid dienone is 1. The van der Waals surface area contributed by atoms with Crippen molar-refractivity contribution < 1.29 is 0 Å². The molecule has 0 saturated carbocycles. The molecule has 88 valence electrons. The van der Waals surface area contributed by atoms with Crippen LogP contribution in [-0.2, 0) is 0 Å². The predicted octanol–water partition coefficient (Wildman–Crippen LogP) is 0.533. The fourth-order valence-corrected chi connectivity index (χ4v) is 1.23. The summed E-state index contributed by atoms with van der Waals surface area (Å²) in [6.45, 7) is 8.46. The molecule has 4 N–H and O–H groups in total.